The lowest BCUT2D eigenvalue weighted by Crippen LogP contribution is -2.37. The summed E-state index contributed by atoms with van der Waals surface area (Å²) in [5.41, 5.74) is 1.21. The summed E-state index contributed by atoms with van der Waals surface area (Å²) in [5, 5.41) is 3.75. The zero-order chi connectivity index (χ0) is 14.7. The van der Waals surface area contributed by atoms with Crippen molar-refractivity contribution < 1.29 is 0 Å². The molecule has 116 valence electrons. The van der Waals surface area contributed by atoms with E-state index in [4.69, 9.17) is 0 Å². The molecule has 4 nitrogen and oxygen atoms in total. The lowest BCUT2D eigenvalue weighted by Gasteiger charge is -2.34. The number of nitrogens with zero attached hydrogens (tertiary/aromatic N) is 3. The normalized spacial score (nSPS) is 22.5. The van der Waals surface area contributed by atoms with Gasteiger partial charge in [0.25, 0.3) is 0 Å². The van der Waals surface area contributed by atoms with Gasteiger partial charge in [-0.05, 0) is 70.8 Å². The molecule has 1 unspecified atom stereocenters. The predicted molar refractivity (Wildman–Crippen MR) is 89.0 cm³/mol. The number of nitrogens with one attached hydrogen (secondary N) is 1. The quantitative estimate of drug-likeness (QED) is 0.923. The molecule has 21 heavy (non-hydrogen) atoms. The van der Waals surface area contributed by atoms with E-state index in [1.807, 2.05) is 12.3 Å². The van der Waals surface area contributed by atoms with Gasteiger partial charge in [-0.2, -0.15) is 0 Å². The Balaban J connectivity index is 1.66. The molecule has 0 saturated carbocycles. The monoisotopic (exact) mass is 288 g/mol. The third-order valence-corrected chi connectivity index (χ3v) is 5.05. The van der Waals surface area contributed by atoms with Crippen LogP contribution >= 0.6 is 0 Å². The summed E-state index contributed by atoms with van der Waals surface area (Å²) in [6.45, 7) is 7.07. The maximum Gasteiger partial charge on any atom is 0.151 e. The molecule has 2 aliphatic rings. The fraction of sp³-hybridized carbons (Fsp3) is 0.706. The van der Waals surface area contributed by atoms with E-state index in [1.54, 1.807) is 0 Å². The Morgan fingerprint density at radius 3 is 2.62 bits per heavy atom. The van der Waals surface area contributed by atoms with Crippen molar-refractivity contribution in [2.24, 2.45) is 5.92 Å². The maximum atomic E-state index is 4.63. The summed E-state index contributed by atoms with van der Waals surface area (Å²) in [4.78, 5) is 9.48. The molecule has 1 N–H and O–H groups in total. The van der Waals surface area contributed by atoms with Gasteiger partial charge in [-0.3, -0.25) is 0 Å². The molecular formula is C17H28N4. The Hall–Kier alpha value is -1.29. The van der Waals surface area contributed by atoms with Gasteiger partial charge in [0.15, 0.2) is 5.82 Å². The Labute approximate surface area is 128 Å². The molecule has 3 rings (SSSR count). The molecule has 3 heterocycles. The highest BCUT2D eigenvalue weighted by Gasteiger charge is 2.24. The topological polar surface area (TPSA) is 31.4 Å². The largest absolute Gasteiger partial charge is 0.379 e. The van der Waals surface area contributed by atoms with E-state index in [0.717, 1.165) is 24.8 Å². The van der Waals surface area contributed by atoms with E-state index in [2.05, 4.69) is 40.1 Å². The third-order valence-electron chi connectivity index (χ3n) is 5.05. The number of anilines is 2. The summed E-state index contributed by atoms with van der Waals surface area (Å²) in [7, 11) is 2.22. The Bertz CT molecular complexity index is 448. The molecule has 1 aromatic rings. The first-order valence-corrected chi connectivity index (χ1v) is 8.39. The average molecular weight is 288 g/mol. The van der Waals surface area contributed by atoms with Gasteiger partial charge in [-0.15, -0.1) is 0 Å². The van der Waals surface area contributed by atoms with Crippen molar-refractivity contribution in [3.63, 3.8) is 0 Å². The van der Waals surface area contributed by atoms with Gasteiger partial charge in [0.1, 0.15) is 0 Å². The van der Waals surface area contributed by atoms with Gasteiger partial charge < -0.3 is 15.1 Å². The molecule has 1 aromatic heterocycles. The van der Waals surface area contributed by atoms with Gasteiger partial charge in [0.2, 0.25) is 0 Å². The third kappa shape index (κ3) is 3.49. The minimum absolute atomic E-state index is 0.518. The smallest absolute Gasteiger partial charge is 0.151 e. The number of aromatic nitrogens is 1. The van der Waals surface area contributed by atoms with Crippen LogP contribution in [-0.2, 0) is 0 Å². The minimum atomic E-state index is 0.518. The van der Waals surface area contributed by atoms with E-state index in [1.165, 1.54) is 44.5 Å². The highest BCUT2D eigenvalue weighted by Crippen LogP contribution is 2.29. The first-order chi connectivity index (χ1) is 10.2. The first-order valence-electron chi connectivity index (χ1n) is 8.39. The summed E-state index contributed by atoms with van der Waals surface area (Å²) in [5.74, 6) is 1.92. The van der Waals surface area contributed by atoms with Crippen LogP contribution in [0, 0.1) is 5.92 Å². The number of piperidine rings is 1. The molecule has 0 aromatic carbocycles. The van der Waals surface area contributed by atoms with Gasteiger partial charge >= 0.3 is 0 Å². The van der Waals surface area contributed by atoms with Gasteiger partial charge in [-0.25, -0.2) is 4.98 Å². The van der Waals surface area contributed by atoms with Gasteiger partial charge in [0, 0.05) is 25.3 Å². The van der Waals surface area contributed by atoms with Crippen molar-refractivity contribution in [1.82, 2.24) is 9.88 Å². The molecule has 0 bridgehead atoms. The number of hydrogen-bond donors (Lipinski definition) is 1. The van der Waals surface area contributed by atoms with Crippen LogP contribution in [0.15, 0.2) is 18.3 Å². The Morgan fingerprint density at radius 2 is 1.90 bits per heavy atom. The molecule has 0 spiro atoms. The molecule has 4 heteroatoms. The molecule has 0 amide bonds. The highest BCUT2D eigenvalue weighted by molar-refractivity contribution is 5.66. The minimum Gasteiger partial charge on any atom is -0.379 e. The number of pyridine rings is 1. The number of hydrogen-bond acceptors (Lipinski definition) is 4. The van der Waals surface area contributed by atoms with E-state index < -0.39 is 0 Å². The second kappa shape index (κ2) is 6.65. The van der Waals surface area contributed by atoms with Crippen LogP contribution in [0.2, 0.25) is 0 Å². The fourth-order valence-corrected chi connectivity index (χ4v) is 3.58. The molecule has 2 saturated heterocycles. The average Bonchev–Trinajstić information content (AvgIpc) is 3.02. The van der Waals surface area contributed by atoms with E-state index in [9.17, 15) is 0 Å². The lowest BCUT2D eigenvalue weighted by atomic mass is 9.90. The van der Waals surface area contributed by atoms with Crippen molar-refractivity contribution in [2.45, 2.75) is 38.6 Å². The second-order valence-electron chi connectivity index (χ2n) is 6.64. The zero-order valence-electron chi connectivity index (χ0n) is 13.4. The number of rotatable bonds is 4. The first kappa shape index (κ1) is 14.6. The molecule has 2 fully saturated rings. The van der Waals surface area contributed by atoms with Crippen molar-refractivity contribution in [2.75, 3.05) is 43.4 Å². The second-order valence-corrected chi connectivity index (χ2v) is 6.64. The van der Waals surface area contributed by atoms with Gasteiger partial charge in [0.05, 0.1) is 5.69 Å². The molecule has 0 aliphatic carbocycles. The van der Waals surface area contributed by atoms with Crippen molar-refractivity contribution in [3.05, 3.63) is 18.3 Å². The zero-order valence-corrected chi connectivity index (χ0v) is 13.4. The van der Waals surface area contributed by atoms with Crippen molar-refractivity contribution in [1.29, 1.82) is 0 Å². The van der Waals surface area contributed by atoms with Crippen LogP contribution in [-0.4, -0.2) is 49.2 Å². The maximum absolute atomic E-state index is 4.63. The molecular weight excluding hydrogens is 260 g/mol. The number of likely N-dealkylation sites (tertiary alicyclic amines) is 1. The predicted octanol–water partition coefficient (Wildman–Crippen LogP) is 2.82. The lowest BCUT2D eigenvalue weighted by molar-refractivity contribution is 0.208. The van der Waals surface area contributed by atoms with E-state index in [-0.39, 0.29) is 0 Å². The van der Waals surface area contributed by atoms with Crippen LogP contribution < -0.4 is 10.2 Å². The summed E-state index contributed by atoms with van der Waals surface area (Å²) in [6.07, 6.45) is 7.09. The van der Waals surface area contributed by atoms with Crippen LogP contribution in [0.4, 0.5) is 11.5 Å². The van der Waals surface area contributed by atoms with Crippen LogP contribution in [0.25, 0.3) is 0 Å². The van der Waals surface area contributed by atoms with Crippen molar-refractivity contribution >= 4 is 11.5 Å². The van der Waals surface area contributed by atoms with E-state index in [0.29, 0.717) is 6.04 Å². The standard InChI is InChI=1S/C17H28N4/c1-14(15-7-12-20(2)13-8-15)19-16-6-5-9-18-17(16)21-10-3-4-11-21/h5-6,9,14-15,19H,3-4,7-8,10-13H2,1-2H3. The summed E-state index contributed by atoms with van der Waals surface area (Å²) in [6, 6.07) is 4.75. The summed E-state index contributed by atoms with van der Waals surface area (Å²) >= 11 is 0. The van der Waals surface area contributed by atoms with Gasteiger partial charge in [-0.1, -0.05) is 0 Å². The molecule has 0 radical (unpaired) electrons. The van der Waals surface area contributed by atoms with E-state index >= 15 is 0 Å². The Morgan fingerprint density at radius 1 is 1.19 bits per heavy atom. The van der Waals surface area contributed by atoms with Crippen LogP contribution in [0.1, 0.15) is 32.6 Å². The van der Waals surface area contributed by atoms with Crippen LogP contribution in [0.3, 0.4) is 0 Å². The summed E-state index contributed by atoms with van der Waals surface area (Å²) < 4.78 is 0. The SMILES string of the molecule is CC(Nc1cccnc1N1CCCC1)C1CCN(C)CC1. The van der Waals surface area contributed by atoms with Crippen LogP contribution in [0.5, 0.6) is 0 Å². The fourth-order valence-electron chi connectivity index (χ4n) is 3.58. The highest BCUT2D eigenvalue weighted by atomic mass is 15.2. The molecule has 1 atom stereocenters. The Kier molecular flexibility index (Phi) is 4.63. The van der Waals surface area contributed by atoms with Crippen molar-refractivity contribution in [3.8, 4) is 0 Å². The molecule has 2 aliphatic heterocycles.